The fraction of sp³-hybridized carbons (Fsp3) is 0.522. The number of aromatic amines is 1. The van der Waals surface area contributed by atoms with Crippen molar-refractivity contribution in [3.05, 3.63) is 36.0 Å². The van der Waals surface area contributed by atoms with E-state index in [0.29, 0.717) is 45.3 Å². The number of para-hydroxylation sites is 1. The third-order valence-electron chi connectivity index (χ3n) is 6.24. The van der Waals surface area contributed by atoms with Gasteiger partial charge in [-0.2, -0.15) is 0 Å². The van der Waals surface area contributed by atoms with Gasteiger partial charge in [0.1, 0.15) is 6.04 Å². The molecule has 2 fully saturated rings. The van der Waals surface area contributed by atoms with Crippen molar-refractivity contribution in [3.8, 4) is 0 Å². The SMILES string of the molecule is CC(C)NC(=O)C1CCN(C(=O)C2CCC(=O)N2Cc2c[nH]c3ccccc23)CC1. The molecule has 0 spiro atoms. The molecule has 1 atom stereocenters. The Bertz CT molecular complexity index is 943. The minimum Gasteiger partial charge on any atom is -0.361 e. The third kappa shape index (κ3) is 4.06. The normalized spacial score (nSPS) is 20.4. The molecule has 2 saturated heterocycles. The van der Waals surface area contributed by atoms with E-state index in [2.05, 4.69) is 10.3 Å². The minimum atomic E-state index is -0.410. The van der Waals surface area contributed by atoms with Gasteiger partial charge in [0.15, 0.2) is 0 Å². The van der Waals surface area contributed by atoms with Gasteiger partial charge in [-0.25, -0.2) is 0 Å². The average molecular weight is 411 g/mol. The number of piperidine rings is 1. The lowest BCUT2D eigenvalue weighted by atomic mass is 9.95. The van der Waals surface area contributed by atoms with E-state index in [1.165, 1.54) is 0 Å². The summed E-state index contributed by atoms with van der Waals surface area (Å²) in [5.41, 5.74) is 2.06. The highest BCUT2D eigenvalue weighted by Gasteiger charge is 2.39. The summed E-state index contributed by atoms with van der Waals surface area (Å²) in [6, 6.07) is 7.71. The molecule has 4 rings (SSSR count). The number of hydrogen-bond donors (Lipinski definition) is 2. The van der Waals surface area contributed by atoms with Crippen LogP contribution in [0.2, 0.25) is 0 Å². The Hall–Kier alpha value is -2.83. The second-order valence-corrected chi connectivity index (χ2v) is 8.70. The van der Waals surface area contributed by atoms with Crippen molar-refractivity contribution in [1.29, 1.82) is 0 Å². The second kappa shape index (κ2) is 8.50. The summed E-state index contributed by atoms with van der Waals surface area (Å²) in [6.45, 7) is 5.49. The van der Waals surface area contributed by atoms with Gasteiger partial charge >= 0.3 is 0 Å². The van der Waals surface area contributed by atoms with Crippen LogP contribution in [-0.4, -0.2) is 57.7 Å². The summed E-state index contributed by atoms with van der Waals surface area (Å²) in [5.74, 6) is 0.0892. The summed E-state index contributed by atoms with van der Waals surface area (Å²) in [4.78, 5) is 44.9. The molecule has 2 N–H and O–H groups in total. The molecule has 7 heteroatoms. The number of fused-ring (bicyclic) bond motifs is 1. The molecule has 7 nitrogen and oxygen atoms in total. The summed E-state index contributed by atoms with van der Waals surface area (Å²) in [6.07, 6.45) is 4.25. The number of hydrogen-bond acceptors (Lipinski definition) is 3. The van der Waals surface area contributed by atoms with Crippen molar-refractivity contribution >= 4 is 28.6 Å². The standard InChI is InChI=1S/C23H30N4O3/c1-15(2)25-22(29)16-9-11-26(12-10-16)23(30)20-7-8-21(28)27(20)14-17-13-24-19-6-4-3-5-18(17)19/h3-6,13,15-16,20,24H,7-12,14H2,1-2H3,(H,25,29). The van der Waals surface area contributed by atoms with Crippen LogP contribution in [-0.2, 0) is 20.9 Å². The molecule has 160 valence electrons. The number of likely N-dealkylation sites (tertiary alicyclic amines) is 2. The van der Waals surface area contributed by atoms with E-state index in [9.17, 15) is 14.4 Å². The highest BCUT2D eigenvalue weighted by molar-refractivity contribution is 5.92. The number of aromatic nitrogens is 1. The van der Waals surface area contributed by atoms with E-state index in [0.717, 1.165) is 16.5 Å². The number of carbonyl (C=O) groups is 3. The van der Waals surface area contributed by atoms with Crippen LogP contribution < -0.4 is 5.32 Å². The zero-order valence-corrected chi connectivity index (χ0v) is 17.7. The lowest BCUT2D eigenvalue weighted by Gasteiger charge is -2.35. The highest BCUT2D eigenvalue weighted by atomic mass is 16.2. The highest BCUT2D eigenvalue weighted by Crippen LogP contribution is 2.28. The van der Waals surface area contributed by atoms with Crippen LogP contribution >= 0.6 is 0 Å². The molecule has 0 radical (unpaired) electrons. The topological polar surface area (TPSA) is 85.5 Å². The van der Waals surface area contributed by atoms with Crippen LogP contribution in [0.4, 0.5) is 0 Å². The van der Waals surface area contributed by atoms with Gasteiger partial charge in [-0.15, -0.1) is 0 Å². The third-order valence-corrected chi connectivity index (χ3v) is 6.24. The first-order valence-corrected chi connectivity index (χ1v) is 10.9. The molecule has 0 bridgehead atoms. The van der Waals surface area contributed by atoms with Crippen LogP contribution in [0.5, 0.6) is 0 Å². The summed E-state index contributed by atoms with van der Waals surface area (Å²) in [5, 5.41) is 4.05. The Morgan fingerprint density at radius 1 is 1.17 bits per heavy atom. The smallest absolute Gasteiger partial charge is 0.245 e. The minimum absolute atomic E-state index is 0.0170. The van der Waals surface area contributed by atoms with E-state index in [4.69, 9.17) is 0 Å². The van der Waals surface area contributed by atoms with Crippen LogP contribution in [0.1, 0.15) is 45.1 Å². The molecular formula is C23H30N4O3. The Labute approximate surface area is 176 Å². The van der Waals surface area contributed by atoms with E-state index in [1.807, 2.05) is 49.2 Å². The Kier molecular flexibility index (Phi) is 5.79. The molecule has 2 aromatic rings. The number of nitrogens with one attached hydrogen (secondary N) is 2. The van der Waals surface area contributed by atoms with Gasteiger partial charge in [-0.1, -0.05) is 18.2 Å². The molecule has 3 amide bonds. The fourth-order valence-electron chi connectivity index (χ4n) is 4.61. The van der Waals surface area contributed by atoms with Crippen molar-refractivity contribution in [2.75, 3.05) is 13.1 Å². The molecule has 1 aromatic carbocycles. The van der Waals surface area contributed by atoms with Crippen LogP contribution in [0.15, 0.2) is 30.5 Å². The average Bonchev–Trinajstić information content (AvgIpc) is 3.31. The van der Waals surface area contributed by atoms with E-state index in [-0.39, 0.29) is 29.7 Å². The number of rotatable bonds is 5. The molecule has 0 aliphatic carbocycles. The number of H-pyrrole nitrogens is 1. The first-order valence-electron chi connectivity index (χ1n) is 10.9. The number of amides is 3. The maximum Gasteiger partial charge on any atom is 0.245 e. The van der Waals surface area contributed by atoms with E-state index < -0.39 is 6.04 Å². The van der Waals surface area contributed by atoms with Gasteiger partial charge in [-0.3, -0.25) is 14.4 Å². The van der Waals surface area contributed by atoms with Crippen molar-refractivity contribution in [1.82, 2.24) is 20.1 Å². The summed E-state index contributed by atoms with van der Waals surface area (Å²) >= 11 is 0. The van der Waals surface area contributed by atoms with Crippen molar-refractivity contribution in [3.63, 3.8) is 0 Å². The molecule has 0 saturated carbocycles. The lowest BCUT2D eigenvalue weighted by molar-refractivity contribution is -0.143. The van der Waals surface area contributed by atoms with Crippen LogP contribution in [0, 0.1) is 5.92 Å². The predicted molar refractivity (Wildman–Crippen MR) is 114 cm³/mol. The number of benzene rings is 1. The van der Waals surface area contributed by atoms with Gasteiger partial charge in [0.05, 0.1) is 0 Å². The zero-order chi connectivity index (χ0) is 21.3. The lowest BCUT2D eigenvalue weighted by Crippen LogP contribution is -2.50. The quantitative estimate of drug-likeness (QED) is 0.794. The predicted octanol–water partition coefficient (Wildman–Crippen LogP) is 2.42. The molecular weight excluding hydrogens is 380 g/mol. The Morgan fingerprint density at radius 3 is 2.63 bits per heavy atom. The molecule has 30 heavy (non-hydrogen) atoms. The Morgan fingerprint density at radius 2 is 1.90 bits per heavy atom. The molecule has 3 heterocycles. The summed E-state index contributed by atoms with van der Waals surface area (Å²) in [7, 11) is 0. The maximum absolute atomic E-state index is 13.2. The van der Waals surface area contributed by atoms with Crippen LogP contribution in [0.3, 0.4) is 0 Å². The number of nitrogens with zero attached hydrogens (tertiary/aromatic N) is 2. The first kappa shape index (κ1) is 20.4. The Balaban J connectivity index is 1.41. The second-order valence-electron chi connectivity index (χ2n) is 8.70. The van der Waals surface area contributed by atoms with Gasteiger partial charge in [-0.05, 0) is 44.7 Å². The maximum atomic E-state index is 13.2. The monoisotopic (exact) mass is 410 g/mol. The zero-order valence-electron chi connectivity index (χ0n) is 17.7. The van der Waals surface area contributed by atoms with Gasteiger partial charge < -0.3 is 20.1 Å². The van der Waals surface area contributed by atoms with Gasteiger partial charge in [0, 0.05) is 55.1 Å². The van der Waals surface area contributed by atoms with E-state index in [1.54, 1.807) is 4.90 Å². The van der Waals surface area contributed by atoms with Crippen molar-refractivity contribution < 1.29 is 14.4 Å². The van der Waals surface area contributed by atoms with Crippen molar-refractivity contribution in [2.45, 2.75) is 58.2 Å². The molecule has 2 aliphatic heterocycles. The fourth-order valence-corrected chi connectivity index (χ4v) is 4.61. The molecule has 1 unspecified atom stereocenters. The molecule has 2 aliphatic rings. The van der Waals surface area contributed by atoms with Gasteiger partial charge in [0.2, 0.25) is 17.7 Å². The largest absolute Gasteiger partial charge is 0.361 e. The van der Waals surface area contributed by atoms with Crippen LogP contribution in [0.25, 0.3) is 10.9 Å². The van der Waals surface area contributed by atoms with E-state index >= 15 is 0 Å². The number of carbonyl (C=O) groups excluding carboxylic acids is 3. The first-order chi connectivity index (χ1) is 14.4. The van der Waals surface area contributed by atoms with Gasteiger partial charge in [0.25, 0.3) is 0 Å². The van der Waals surface area contributed by atoms with Crippen molar-refractivity contribution in [2.24, 2.45) is 5.92 Å². The molecule has 1 aromatic heterocycles. The summed E-state index contributed by atoms with van der Waals surface area (Å²) < 4.78 is 0.